The molecule has 1 heteroatoms. The first-order valence-electron chi connectivity index (χ1n) is 3.94. The smallest absolute Gasteiger partial charge is 0.169 e. The highest BCUT2D eigenvalue weighted by Crippen LogP contribution is 2.27. The van der Waals surface area contributed by atoms with Crippen LogP contribution in [0, 0.1) is 5.92 Å². The van der Waals surface area contributed by atoms with Crippen LogP contribution in [0.25, 0.3) is 0 Å². The maximum Gasteiger partial charge on any atom is 0.169 e. The molecule has 0 spiro atoms. The summed E-state index contributed by atoms with van der Waals surface area (Å²) in [5.74, 6) is 0.391. The minimum atomic E-state index is 0.111. The van der Waals surface area contributed by atoms with Gasteiger partial charge < -0.3 is 0 Å². The lowest BCUT2D eigenvalue weighted by atomic mass is 10.0. The van der Waals surface area contributed by atoms with E-state index in [1.54, 1.807) is 0 Å². The summed E-state index contributed by atoms with van der Waals surface area (Å²) in [7, 11) is 0. The van der Waals surface area contributed by atoms with Crippen molar-refractivity contribution in [1.82, 2.24) is 0 Å². The van der Waals surface area contributed by atoms with Gasteiger partial charge in [0.2, 0.25) is 0 Å². The van der Waals surface area contributed by atoms with Crippen LogP contribution in [0.4, 0.5) is 0 Å². The summed E-state index contributed by atoms with van der Waals surface area (Å²) in [4.78, 5) is 11.4. The number of hydrogen-bond donors (Lipinski definition) is 0. The highest BCUT2D eigenvalue weighted by atomic mass is 16.1. The molecule has 11 heavy (non-hydrogen) atoms. The molecule has 0 fully saturated rings. The molecule has 0 bridgehead atoms. The molecule has 0 heterocycles. The van der Waals surface area contributed by atoms with Gasteiger partial charge in [-0.1, -0.05) is 24.1 Å². The minimum absolute atomic E-state index is 0.111. The Morgan fingerprint density at radius 2 is 2.00 bits per heavy atom. The van der Waals surface area contributed by atoms with Gasteiger partial charge in [-0.15, -0.1) is 0 Å². The molecule has 1 atom stereocenters. The number of carbonyl (C=O) groups is 1. The standard InChI is InChI=1S/C10H14O/c1-6(2)9-5-7(3)8(4)10(9)11/h5,8H,1-4H3/t8-/m0/s1. The van der Waals surface area contributed by atoms with E-state index in [0.717, 1.165) is 11.1 Å². The summed E-state index contributed by atoms with van der Waals surface area (Å²) in [5, 5.41) is 0. The number of hydrogen-bond acceptors (Lipinski definition) is 1. The van der Waals surface area contributed by atoms with Crippen LogP contribution in [0.15, 0.2) is 22.8 Å². The molecule has 0 aromatic heterocycles. The average molecular weight is 150 g/mol. The lowest BCUT2D eigenvalue weighted by Gasteiger charge is -2.00. The van der Waals surface area contributed by atoms with E-state index in [2.05, 4.69) is 0 Å². The summed E-state index contributed by atoms with van der Waals surface area (Å²) < 4.78 is 0. The molecule has 0 N–H and O–H groups in total. The molecule has 1 aliphatic carbocycles. The number of Topliss-reactive ketones (excluding diaryl/α,β-unsaturated/α-hetero) is 1. The SMILES string of the molecule is CC1=CC(=C(C)C)C(=O)[C@H]1C. The summed E-state index contributed by atoms with van der Waals surface area (Å²) in [5.41, 5.74) is 3.22. The Balaban J connectivity index is 3.09. The third-order valence-electron chi connectivity index (χ3n) is 2.25. The first-order chi connectivity index (χ1) is 5.04. The lowest BCUT2D eigenvalue weighted by Crippen LogP contribution is -2.06. The van der Waals surface area contributed by atoms with Crippen LogP contribution < -0.4 is 0 Å². The summed E-state index contributed by atoms with van der Waals surface area (Å²) in [6.45, 7) is 7.94. The number of carbonyl (C=O) groups excluding carboxylic acids is 1. The van der Waals surface area contributed by atoms with Crippen LogP contribution in [0.5, 0.6) is 0 Å². The predicted octanol–water partition coefficient (Wildman–Crippen LogP) is 2.49. The van der Waals surface area contributed by atoms with E-state index in [1.807, 2.05) is 33.8 Å². The highest BCUT2D eigenvalue weighted by Gasteiger charge is 2.24. The van der Waals surface area contributed by atoms with Gasteiger partial charge in [-0.2, -0.15) is 0 Å². The van der Waals surface area contributed by atoms with E-state index >= 15 is 0 Å². The quantitative estimate of drug-likeness (QED) is 0.485. The van der Waals surface area contributed by atoms with Gasteiger partial charge in [0.15, 0.2) is 5.78 Å². The first-order valence-corrected chi connectivity index (χ1v) is 3.94. The second-order valence-electron chi connectivity index (χ2n) is 3.39. The van der Waals surface area contributed by atoms with Gasteiger partial charge in [0.25, 0.3) is 0 Å². The average Bonchev–Trinajstić information content (AvgIpc) is 2.17. The van der Waals surface area contributed by atoms with Crippen LogP contribution in [-0.4, -0.2) is 5.78 Å². The second-order valence-corrected chi connectivity index (χ2v) is 3.39. The van der Waals surface area contributed by atoms with Crippen LogP contribution in [0.3, 0.4) is 0 Å². The van der Waals surface area contributed by atoms with Gasteiger partial charge in [0.1, 0.15) is 0 Å². The third-order valence-corrected chi connectivity index (χ3v) is 2.25. The van der Waals surface area contributed by atoms with Crippen molar-refractivity contribution in [3.05, 3.63) is 22.8 Å². The molecular weight excluding hydrogens is 136 g/mol. The molecule has 0 saturated heterocycles. The number of rotatable bonds is 0. The molecule has 1 aliphatic rings. The van der Waals surface area contributed by atoms with Gasteiger partial charge in [-0.3, -0.25) is 4.79 Å². The maximum absolute atomic E-state index is 11.4. The van der Waals surface area contributed by atoms with Crippen molar-refractivity contribution in [2.75, 3.05) is 0 Å². The van der Waals surface area contributed by atoms with E-state index in [0.29, 0.717) is 0 Å². The van der Waals surface area contributed by atoms with Crippen molar-refractivity contribution in [3.63, 3.8) is 0 Å². The van der Waals surface area contributed by atoms with Crippen LogP contribution in [-0.2, 0) is 4.79 Å². The van der Waals surface area contributed by atoms with E-state index in [4.69, 9.17) is 0 Å². The Morgan fingerprint density at radius 1 is 1.45 bits per heavy atom. The van der Waals surface area contributed by atoms with Crippen molar-refractivity contribution in [1.29, 1.82) is 0 Å². The van der Waals surface area contributed by atoms with E-state index in [9.17, 15) is 4.79 Å². The fourth-order valence-corrected chi connectivity index (χ4v) is 1.25. The summed E-state index contributed by atoms with van der Waals surface area (Å²) >= 11 is 0. The normalized spacial score (nSPS) is 24.0. The fraction of sp³-hybridized carbons (Fsp3) is 0.500. The highest BCUT2D eigenvalue weighted by molar-refractivity contribution is 6.04. The van der Waals surface area contributed by atoms with Crippen LogP contribution in [0.1, 0.15) is 27.7 Å². The second kappa shape index (κ2) is 2.65. The Hall–Kier alpha value is -0.850. The molecule has 0 aliphatic heterocycles. The van der Waals surface area contributed by atoms with Gasteiger partial charge >= 0.3 is 0 Å². The Labute approximate surface area is 67.8 Å². The molecule has 0 aromatic carbocycles. The zero-order valence-corrected chi connectivity index (χ0v) is 7.56. The largest absolute Gasteiger partial charge is 0.294 e. The van der Waals surface area contributed by atoms with E-state index < -0.39 is 0 Å². The van der Waals surface area contributed by atoms with Crippen molar-refractivity contribution < 1.29 is 4.79 Å². The molecule has 1 nitrogen and oxygen atoms in total. The van der Waals surface area contributed by atoms with Crippen LogP contribution in [0.2, 0.25) is 0 Å². The summed E-state index contributed by atoms with van der Waals surface area (Å²) in [6.07, 6.45) is 2.00. The van der Waals surface area contributed by atoms with E-state index in [1.165, 1.54) is 5.57 Å². The summed E-state index contributed by atoms with van der Waals surface area (Å²) in [6, 6.07) is 0. The first kappa shape index (κ1) is 8.25. The van der Waals surface area contributed by atoms with Crippen molar-refractivity contribution in [3.8, 4) is 0 Å². The zero-order chi connectivity index (χ0) is 8.59. The van der Waals surface area contributed by atoms with E-state index in [-0.39, 0.29) is 11.7 Å². The van der Waals surface area contributed by atoms with Gasteiger partial charge in [-0.05, 0) is 20.8 Å². The van der Waals surface area contributed by atoms with Crippen LogP contribution >= 0.6 is 0 Å². The maximum atomic E-state index is 11.4. The third kappa shape index (κ3) is 1.28. The Bertz CT molecular complexity index is 252. The van der Waals surface area contributed by atoms with Crippen molar-refractivity contribution in [2.45, 2.75) is 27.7 Å². The molecule has 0 amide bonds. The molecular formula is C10H14O. The topological polar surface area (TPSA) is 17.1 Å². The molecule has 0 aromatic rings. The van der Waals surface area contributed by atoms with Crippen molar-refractivity contribution >= 4 is 5.78 Å². The molecule has 1 rings (SSSR count). The minimum Gasteiger partial charge on any atom is -0.294 e. The van der Waals surface area contributed by atoms with Crippen molar-refractivity contribution in [2.24, 2.45) is 5.92 Å². The van der Waals surface area contributed by atoms with Gasteiger partial charge in [0, 0.05) is 11.5 Å². The Kier molecular flexibility index (Phi) is 1.99. The zero-order valence-electron chi connectivity index (χ0n) is 7.56. The molecule has 60 valence electrons. The lowest BCUT2D eigenvalue weighted by molar-refractivity contribution is -0.116. The molecule has 0 radical (unpaired) electrons. The number of allylic oxidation sites excluding steroid dienone is 4. The fourth-order valence-electron chi connectivity index (χ4n) is 1.25. The number of ketones is 1. The van der Waals surface area contributed by atoms with Gasteiger partial charge in [0.05, 0.1) is 0 Å². The molecule has 0 saturated carbocycles. The van der Waals surface area contributed by atoms with Gasteiger partial charge in [-0.25, -0.2) is 0 Å². The Morgan fingerprint density at radius 3 is 2.18 bits per heavy atom. The molecule has 0 unspecified atom stereocenters. The monoisotopic (exact) mass is 150 g/mol. The predicted molar refractivity (Wildman–Crippen MR) is 46.3 cm³/mol.